The summed E-state index contributed by atoms with van der Waals surface area (Å²) in [6.07, 6.45) is 2.47. The van der Waals surface area contributed by atoms with Crippen molar-refractivity contribution >= 4 is 29.5 Å². The van der Waals surface area contributed by atoms with E-state index in [1.165, 1.54) is 32.1 Å². The molecule has 0 spiro atoms. The Morgan fingerprint density at radius 2 is 1.39 bits per heavy atom. The summed E-state index contributed by atoms with van der Waals surface area (Å²) in [4.78, 5) is 23.3. The van der Waals surface area contributed by atoms with Gasteiger partial charge in [-0.3, -0.25) is 9.59 Å². The van der Waals surface area contributed by atoms with E-state index in [0.29, 0.717) is 5.20 Å². The molecule has 0 saturated heterocycles. The lowest BCUT2D eigenvalue weighted by Crippen LogP contribution is -2.29. The largest absolute Gasteiger partial charge is 0.295 e. The Kier molecular flexibility index (Phi) is 6.02. The molecule has 0 aliphatic rings. The Morgan fingerprint density at radius 1 is 0.913 bits per heavy atom. The van der Waals surface area contributed by atoms with Gasteiger partial charge in [-0.05, 0) is 43.3 Å². The summed E-state index contributed by atoms with van der Waals surface area (Å²) in [5, 5.41) is 0.462. The van der Waals surface area contributed by atoms with Crippen molar-refractivity contribution in [1.82, 2.24) is 0 Å². The van der Waals surface area contributed by atoms with E-state index in [2.05, 4.69) is 0 Å². The smallest absolute Gasteiger partial charge is 0.206 e. The van der Waals surface area contributed by atoms with Crippen LogP contribution in [0, 0.1) is 0 Å². The van der Waals surface area contributed by atoms with Crippen molar-refractivity contribution in [3.05, 3.63) is 52.6 Å². The molecule has 0 aliphatic carbocycles. The number of hydrogen-bond donors (Lipinski definition) is 0. The van der Waals surface area contributed by atoms with Crippen molar-refractivity contribution in [1.29, 1.82) is 0 Å². The Bertz CT molecular complexity index is 767. The topological polar surface area (TPSA) is 68.3 Å². The monoisotopic (exact) mass is 350 g/mol. The Balaban J connectivity index is 3.71. The standard InChI is InChI=1S/C17H22O4SSi/c1-13(18)11-16(17(12-14(2)19)23(3,4)5)22(20,21)15-9-7-6-8-10-15/h6-12H,1-5H3/b16-11+,17-12-. The molecule has 1 rings (SSSR count). The molecule has 1 aromatic carbocycles. The quantitative estimate of drug-likeness (QED) is 0.448. The molecule has 4 nitrogen and oxygen atoms in total. The van der Waals surface area contributed by atoms with E-state index in [0.717, 1.165) is 6.08 Å². The van der Waals surface area contributed by atoms with Crippen molar-refractivity contribution in [2.45, 2.75) is 38.4 Å². The molecule has 0 unspecified atom stereocenters. The maximum atomic E-state index is 13.0. The van der Waals surface area contributed by atoms with Crippen LogP contribution in [-0.4, -0.2) is 28.1 Å². The summed E-state index contributed by atoms with van der Waals surface area (Å²) in [6, 6.07) is 7.94. The van der Waals surface area contributed by atoms with Crippen LogP contribution in [0.15, 0.2) is 57.5 Å². The molecule has 0 saturated carbocycles. The van der Waals surface area contributed by atoms with Crippen LogP contribution in [0.2, 0.25) is 19.6 Å². The van der Waals surface area contributed by atoms with Crippen LogP contribution in [0.3, 0.4) is 0 Å². The molecule has 0 aliphatic heterocycles. The number of carbonyl (C=O) groups excluding carboxylic acids is 2. The molecule has 6 heteroatoms. The van der Waals surface area contributed by atoms with Gasteiger partial charge in [0, 0.05) is 0 Å². The highest BCUT2D eigenvalue weighted by Gasteiger charge is 2.32. The summed E-state index contributed by atoms with van der Waals surface area (Å²) in [5.74, 6) is -0.604. The van der Waals surface area contributed by atoms with Gasteiger partial charge in [0.05, 0.1) is 17.9 Å². The lowest BCUT2D eigenvalue weighted by Gasteiger charge is -2.23. The highest BCUT2D eigenvalue weighted by Crippen LogP contribution is 2.31. The molecule has 0 bridgehead atoms. The lowest BCUT2D eigenvalue weighted by molar-refractivity contribution is -0.113. The van der Waals surface area contributed by atoms with Crippen LogP contribution in [0.25, 0.3) is 0 Å². The van der Waals surface area contributed by atoms with E-state index in [-0.39, 0.29) is 21.4 Å². The summed E-state index contributed by atoms with van der Waals surface area (Å²) >= 11 is 0. The fourth-order valence-electron chi connectivity index (χ4n) is 2.07. The van der Waals surface area contributed by atoms with Gasteiger partial charge in [0.25, 0.3) is 0 Å². The minimum absolute atomic E-state index is 0.0643. The van der Waals surface area contributed by atoms with Gasteiger partial charge >= 0.3 is 0 Å². The Morgan fingerprint density at radius 3 is 1.78 bits per heavy atom. The lowest BCUT2D eigenvalue weighted by atomic mass is 10.3. The summed E-state index contributed by atoms with van der Waals surface area (Å²) in [7, 11) is -6.05. The van der Waals surface area contributed by atoms with E-state index >= 15 is 0 Å². The average Bonchev–Trinajstić information content (AvgIpc) is 2.42. The maximum absolute atomic E-state index is 13.0. The summed E-state index contributed by atoms with van der Waals surface area (Å²) < 4.78 is 26.0. The first-order valence-corrected chi connectivity index (χ1v) is 12.2. The predicted molar refractivity (Wildman–Crippen MR) is 94.5 cm³/mol. The number of hydrogen-bond acceptors (Lipinski definition) is 4. The van der Waals surface area contributed by atoms with Gasteiger partial charge in [-0.2, -0.15) is 0 Å². The highest BCUT2D eigenvalue weighted by molar-refractivity contribution is 7.95. The van der Waals surface area contributed by atoms with E-state index in [1.54, 1.807) is 18.2 Å². The van der Waals surface area contributed by atoms with Crippen LogP contribution >= 0.6 is 0 Å². The average molecular weight is 351 g/mol. The SMILES string of the molecule is CC(=O)/C=C(/C(=C\C(C)=O)S(=O)(=O)c1ccccc1)[Si](C)(C)C. The number of benzene rings is 1. The molecule has 0 aromatic heterocycles. The summed E-state index contributed by atoms with van der Waals surface area (Å²) in [5.41, 5.74) is 0. The zero-order valence-corrected chi connectivity index (χ0v) is 15.9. The number of carbonyl (C=O) groups is 2. The normalized spacial score (nSPS) is 13.8. The zero-order valence-electron chi connectivity index (χ0n) is 14.1. The first kappa shape index (κ1) is 19.3. The van der Waals surface area contributed by atoms with Gasteiger partial charge in [-0.25, -0.2) is 8.42 Å². The number of rotatable bonds is 6. The molecular formula is C17H22O4SSi. The van der Waals surface area contributed by atoms with Crippen LogP contribution in [0.4, 0.5) is 0 Å². The molecule has 124 valence electrons. The third-order valence-corrected chi connectivity index (χ3v) is 7.12. The number of allylic oxidation sites excluding steroid dienone is 3. The van der Waals surface area contributed by atoms with Crippen molar-refractivity contribution < 1.29 is 18.0 Å². The first-order valence-electron chi connectivity index (χ1n) is 7.22. The maximum Gasteiger partial charge on any atom is 0.206 e. The Hall–Kier alpha value is -1.79. The van der Waals surface area contributed by atoms with Gasteiger partial charge in [0.1, 0.15) is 0 Å². The number of ketones is 2. The van der Waals surface area contributed by atoms with Gasteiger partial charge in [-0.15, -0.1) is 0 Å². The molecular weight excluding hydrogens is 328 g/mol. The Labute approximate surface area is 138 Å². The van der Waals surface area contributed by atoms with Gasteiger partial charge in [0.15, 0.2) is 11.6 Å². The fraction of sp³-hybridized carbons (Fsp3) is 0.294. The first-order chi connectivity index (χ1) is 10.5. The zero-order chi connectivity index (χ0) is 17.8. The van der Waals surface area contributed by atoms with Crippen LogP contribution < -0.4 is 0 Å². The molecule has 0 radical (unpaired) electrons. The molecule has 0 amide bonds. The predicted octanol–water partition coefficient (Wildman–Crippen LogP) is 3.33. The minimum atomic E-state index is -3.87. The molecule has 0 heterocycles. The molecule has 0 N–H and O–H groups in total. The minimum Gasteiger partial charge on any atom is -0.295 e. The third-order valence-electron chi connectivity index (χ3n) is 3.10. The van der Waals surface area contributed by atoms with Crippen molar-refractivity contribution in [2.24, 2.45) is 0 Å². The van der Waals surface area contributed by atoms with E-state index in [1.807, 2.05) is 19.6 Å². The van der Waals surface area contributed by atoms with Gasteiger partial charge in [-0.1, -0.05) is 37.8 Å². The highest BCUT2D eigenvalue weighted by atomic mass is 32.2. The van der Waals surface area contributed by atoms with Crippen LogP contribution in [0.5, 0.6) is 0 Å². The second-order valence-corrected chi connectivity index (χ2v) is 13.3. The van der Waals surface area contributed by atoms with E-state index in [9.17, 15) is 18.0 Å². The van der Waals surface area contributed by atoms with E-state index < -0.39 is 17.9 Å². The number of sulfone groups is 1. The second-order valence-electron chi connectivity index (χ2n) is 6.35. The van der Waals surface area contributed by atoms with Crippen molar-refractivity contribution in [3.63, 3.8) is 0 Å². The molecule has 1 aromatic rings. The van der Waals surface area contributed by atoms with Crippen LogP contribution in [-0.2, 0) is 19.4 Å². The molecule has 0 fully saturated rings. The van der Waals surface area contributed by atoms with Crippen LogP contribution in [0.1, 0.15) is 13.8 Å². The third kappa shape index (κ3) is 5.11. The second kappa shape index (κ2) is 7.19. The van der Waals surface area contributed by atoms with Gasteiger partial charge < -0.3 is 0 Å². The molecule has 23 heavy (non-hydrogen) atoms. The van der Waals surface area contributed by atoms with E-state index in [4.69, 9.17) is 0 Å². The summed E-state index contributed by atoms with van der Waals surface area (Å²) in [6.45, 7) is 8.50. The van der Waals surface area contributed by atoms with Gasteiger partial charge in [0.2, 0.25) is 9.84 Å². The van der Waals surface area contributed by atoms with Crippen molar-refractivity contribution in [3.8, 4) is 0 Å². The van der Waals surface area contributed by atoms with Crippen molar-refractivity contribution in [2.75, 3.05) is 0 Å². The fourth-order valence-corrected chi connectivity index (χ4v) is 6.28. The molecule has 0 atom stereocenters.